The Balaban J connectivity index is 1.84. The Kier molecular flexibility index (Phi) is 8.15. The van der Waals surface area contributed by atoms with Crippen molar-refractivity contribution in [2.75, 3.05) is 26.4 Å². The Hall–Kier alpha value is -0.160. The van der Waals surface area contributed by atoms with Crippen LogP contribution >= 0.6 is 0 Å². The third-order valence-corrected chi connectivity index (χ3v) is 5.21. The van der Waals surface area contributed by atoms with Crippen molar-refractivity contribution in [3.8, 4) is 0 Å². The fourth-order valence-corrected chi connectivity index (χ4v) is 3.60. The zero-order valence-corrected chi connectivity index (χ0v) is 14.6. The summed E-state index contributed by atoms with van der Waals surface area (Å²) in [5.74, 6) is 1.36. The monoisotopic (exact) mass is 312 g/mol. The van der Waals surface area contributed by atoms with Crippen LogP contribution in [0.25, 0.3) is 0 Å². The van der Waals surface area contributed by atoms with E-state index in [1.165, 1.54) is 25.7 Å². The molecule has 2 saturated heterocycles. The molecule has 1 aliphatic carbocycles. The molecule has 0 aromatic heterocycles. The van der Waals surface area contributed by atoms with E-state index in [0.717, 1.165) is 51.5 Å². The van der Waals surface area contributed by atoms with E-state index in [-0.39, 0.29) is 6.04 Å². The molecule has 3 rings (SSSR count). The number of rotatable bonds is 1. The molecule has 130 valence electrons. The molecule has 0 spiro atoms. The summed E-state index contributed by atoms with van der Waals surface area (Å²) >= 11 is 0. The van der Waals surface area contributed by atoms with Crippen molar-refractivity contribution in [1.29, 1.82) is 0 Å². The summed E-state index contributed by atoms with van der Waals surface area (Å²) in [6, 6.07) is 0.669. The van der Waals surface area contributed by atoms with Gasteiger partial charge in [-0.1, -0.05) is 13.8 Å². The van der Waals surface area contributed by atoms with Crippen LogP contribution in [0, 0.1) is 11.8 Å². The van der Waals surface area contributed by atoms with Crippen LogP contribution in [-0.4, -0.2) is 44.6 Å². The molecule has 1 saturated carbocycles. The summed E-state index contributed by atoms with van der Waals surface area (Å²) in [6.45, 7) is 7.93. The lowest BCUT2D eigenvalue weighted by atomic mass is 9.83. The van der Waals surface area contributed by atoms with Crippen LogP contribution in [0.1, 0.15) is 58.8 Å². The number of hydrogen-bond donors (Lipinski definition) is 2. The molecule has 0 radical (unpaired) electrons. The van der Waals surface area contributed by atoms with Gasteiger partial charge in [-0.3, -0.25) is 0 Å². The molecule has 0 aromatic rings. The first kappa shape index (κ1) is 18.2. The van der Waals surface area contributed by atoms with Crippen LogP contribution in [0.15, 0.2) is 0 Å². The summed E-state index contributed by atoms with van der Waals surface area (Å²) in [4.78, 5) is 0. The molecule has 2 aliphatic heterocycles. The van der Waals surface area contributed by atoms with Crippen molar-refractivity contribution >= 4 is 0 Å². The second-order valence-corrected chi connectivity index (χ2v) is 7.55. The lowest BCUT2D eigenvalue weighted by Gasteiger charge is -2.31. The van der Waals surface area contributed by atoms with Crippen LogP contribution in [0.5, 0.6) is 0 Å². The molecule has 2 bridgehead atoms. The Morgan fingerprint density at radius 3 is 2.50 bits per heavy atom. The van der Waals surface area contributed by atoms with Gasteiger partial charge in [-0.25, -0.2) is 0 Å². The van der Waals surface area contributed by atoms with Gasteiger partial charge in [-0.15, -0.1) is 0 Å². The van der Waals surface area contributed by atoms with Crippen molar-refractivity contribution in [1.82, 2.24) is 5.32 Å². The van der Waals surface area contributed by atoms with Gasteiger partial charge in [0.15, 0.2) is 0 Å². The van der Waals surface area contributed by atoms with Crippen LogP contribution in [0.4, 0.5) is 0 Å². The van der Waals surface area contributed by atoms with E-state index in [2.05, 4.69) is 19.2 Å². The van der Waals surface area contributed by atoms with Gasteiger partial charge in [0.1, 0.15) is 0 Å². The van der Waals surface area contributed by atoms with Gasteiger partial charge in [0.05, 0.1) is 12.7 Å². The van der Waals surface area contributed by atoms with Gasteiger partial charge >= 0.3 is 0 Å². The molecule has 3 fully saturated rings. The van der Waals surface area contributed by atoms with Crippen molar-refractivity contribution in [2.24, 2.45) is 17.6 Å². The highest BCUT2D eigenvalue weighted by Gasteiger charge is 2.24. The minimum Gasteiger partial charge on any atom is -0.380 e. The Labute approximate surface area is 136 Å². The van der Waals surface area contributed by atoms with E-state index < -0.39 is 0 Å². The average Bonchev–Trinajstić information content (AvgIpc) is 2.49. The molecular formula is C18H36N2O2. The summed E-state index contributed by atoms with van der Waals surface area (Å²) < 4.78 is 11.9. The lowest BCUT2D eigenvalue weighted by Crippen LogP contribution is -2.45. The highest BCUT2D eigenvalue weighted by atomic mass is 16.5. The minimum atomic E-state index is 0.261. The molecule has 2 heterocycles. The quantitative estimate of drug-likeness (QED) is 0.781. The predicted octanol–water partition coefficient (Wildman–Crippen LogP) is 2.70. The van der Waals surface area contributed by atoms with Gasteiger partial charge in [0.25, 0.3) is 0 Å². The smallest absolute Gasteiger partial charge is 0.0622 e. The van der Waals surface area contributed by atoms with E-state index >= 15 is 0 Å². The second kappa shape index (κ2) is 9.86. The molecule has 2 atom stereocenters. The van der Waals surface area contributed by atoms with Gasteiger partial charge in [0.2, 0.25) is 0 Å². The SMILES string of the molecule is CC(C)[C@H]1COCCCCOC2CCC(CC2)C[C@@H](N)CN1. The topological polar surface area (TPSA) is 56.5 Å². The normalized spacial score (nSPS) is 36.5. The third kappa shape index (κ3) is 6.53. The molecule has 4 nitrogen and oxygen atoms in total. The van der Waals surface area contributed by atoms with Crippen LogP contribution in [0.2, 0.25) is 0 Å². The van der Waals surface area contributed by atoms with Gasteiger partial charge in [-0.05, 0) is 56.8 Å². The molecule has 0 aromatic carbocycles. The van der Waals surface area contributed by atoms with Gasteiger partial charge in [0, 0.05) is 31.8 Å². The molecule has 0 unspecified atom stereocenters. The first-order valence-corrected chi connectivity index (χ1v) is 9.33. The molecule has 22 heavy (non-hydrogen) atoms. The second-order valence-electron chi connectivity index (χ2n) is 7.55. The minimum absolute atomic E-state index is 0.261. The number of nitrogens with two attached hydrogens (primary N) is 1. The summed E-state index contributed by atoms with van der Waals surface area (Å²) in [5, 5.41) is 3.63. The van der Waals surface area contributed by atoms with E-state index in [1.54, 1.807) is 0 Å². The van der Waals surface area contributed by atoms with E-state index in [9.17, 15) is 0 Å². The first-order chi connectivity index (χ1) is 10.6. The first-order valence-electron chi connectivity index (χ1n) is 9.33. The van der Waals surface area contributed by atoms with Crippen molar-refractivity contribution in [3.05, 3.63) is 0 Å². The van der Waals surface area contributed by atoms with E-state index in [4.69, 9.17) is 15.2 Å². The Bertz CT molecular complexity index is 291. The maximum Gasteiger partial charge on any atom is 0.0622 e. The number of nitrogens with one attached hydrogen (secondary N) is 1. The van der Waals surface area contributed by atoms with Gasteiger partial charge in [-0.2, -0.15) is 0 Å². The zero-order valence-electron chi connectivity index (χ0n) is 14.6. The fraction of sp³-hybridized carbons (Fsp3) is 1.00. The molecule has 0 amide bonds. The predicted molar refractivity (Wildman–Crippen MR) is 91.0 cm³/mol. The number of hydrogen-bond acceptors (Lipinski definition) is 4. The van der Waals surface area contributed by atoms with Crippen LogP contribution < -0.4 is 11.1 Å². The van der Waals surface area contributed by atoms with E-state index in [0.29, 0.717) is 18.1 Å². The molecule has 3 N–H and O–H groups in total. The van der Waals surface area contributed by atoms with Crippen LogP contribution in [0.3, 0.4) is 0 Å². The van der Waals surface area contributed by atoms with Crippen molar-refractivity contribution < 1.29 is 9.47 Å². The maximum absolute atomic E-state index is 6.35. The standard InChI is InChI=1S/C18H36N2O2/c1-14(2)18-13-21-9-3-4-10-22-17-7-5-15(6-8-17)11-16(19)12-20-18/h14-18,20H,3-13,19H2,1-2H3/t15?,16-,17?,18-/m1/s1. The molecule has 3 aliphatic rings. The Morgan fingerprint density at radius 2 is 1.77 bits per heavy atom. The van der Waals surface area contributed by atoms with Crippen molar-refractivity contribution in [3.63, 3.8) is 0 Å². The lowest BCUT2D eigenvalue weighted by molar-refractivity contribution is 0.00983. The summed E-state index contributed by atoms with van der Waals surface area (Å²) in [7, 11) is 0. The zero-order chi connectivity index (χ0) is 15.8. The fourth-order valence-electron chi connectivity index (χ4n) is 3.60. The highest BCUT2D eigenvalue weighted by Crippen LogP contribution is 2.29. The summed E-state index contributed by atoms with van der Waals surface area (Å²) in [6.07, 6.45) is 8.86. The third-order valence-electron chi connectivity index (χ3n) is 5.21. The van der Waals surface area contributed by atoms with Crippen molar-refractivity contribution in [2.45, 2.75) is 77.0 Å². The largest absolute Gasteiger partial charge is 0.380 e. The molecular weight excluding hydrogens is 276 g/mol. The highest BCUT2D eigenvalue weighted by molar-refractivity contribution is 4.79. The van der Waals surface area contributed by atoms with E-state index in [1.807, 2.05) is 0 Å². The number of ether oxygens (including phenoxy) is 2. The Morgan fingerprint density at radius 1 is 1.05 bits per heavy atom. The average molecular weight is 312 g/mol. The van der Waals surface area contributed by atoms with Crippen LogP contribution in [-0.2, 0) is 9.47 Å². The van der Waals surface area contributed by atoms with Gasteiger partial charge < -0.3 is 20.5 Å². The maximum atomic E-state index is 6.35. The number of fused-ring (bicyclic) bond motifs is 13. The molecule has 4 heteroatoms. The summed E-state index contributed by atoms with van der Waals surface area (Å²) in [5.41, 5.74) is 6.35.